The zero-order chi connectivity index (χ0) is 8.55. The summed E-state index contributed by atoms with van der Waals surface area (Å²) in [5.74, 6) is 0.323. The van der Waals surface area contributed by atoms with Gasteiger partial charge in [-0.1, -0.05) is 0 Å². The van der Waals surface area contributed by atoms with Crippen LogP contribution in [0.3, 0.4) is 0 Å². The second-order valence-corrected chi connectivity index (χ2v) is 2.95. The number of carbonyl (C=O) groups is 1. The first-order chi connectivity index (χ1) is 5.77. The van der Waals surface area contributed by atoms with E-state index in [2.05, 4.69) is 0 Å². The molecule has 1 fully saturated rings. The van der Waals surface area contributed by atoms with Crippen LogP contribution in [0.1, 0.15) is 10.6 Å². The van der Waals surface area contributed by atoms with Crippen LogP contribution < -0.4 is 5.73 Å². The fourth-order valence-corrected chi connectivity index (χ4v) is 1.23. The SMILES string of the molecule is NC1CN(C(=O)c2ccco2)C1. The number of furan rings is 1. The van der Waals surface area contributed by atoms with E-state index in [0.29, 0.717) is 18.8 Å². The maximum Gasteiger partial charge on any atom is 0.289 e. The van der Waals surface area contributed by atoms with E-state index in [1.54, 1.807) is 17.0 Å². The Balaban J connectivity index is 2.03. The summed E-state index contributed by atoms with van der Waals surface area (Å²) in [5.41, 5.74) is 5.54. The van der Waals surface area contributed by atoms with Crippen LogP contribution in [0.4, 0.5) is 0 Å². The number of hydrogen-bond donors (Lipinski definition) is 1. The zero-order valence-electron chi connectivity index (χ0n) is 6.56. The van der Waals surface area contributed by atoms with Crippen molar-refractivity contribution in [2.75, 3.05) is 13.1 Å². The first-order valence-corrected chi connectivity index (χ1v) is 3.86. The fourth-order valence-electron chi connectivity index (χ4n) is 1.23. The third-order valence-electron chi connectivity index (χ3n) is 1.93. The van der Waals surface area contributed by atoms with Gasteiger partial charge < -0.3 is 15.1 Å². The fraction of sp³-hybridized carbons (Fsp3) is 0.375. The van der Waals surface area contributed by atoms with Crippen LogP contribution in [-0.2, 0) is 0 Å². The highest BCUT2D eigenvalue weighted by Gasteiger charge is 2.29. The van der Waals surface area contributed by atoms with Crippen molar-refractivity contribution in [3.63, 3.8) is 0 Å². The molecule has 2 N–H and O–H groups in total. The van der Waals surface area contributed by atoms with Crippen LogP contribution in [0.2, 0.25) is 0 Å². The van der Waals surface area contributed by atoms with Gasteiger partial charge in [-0.25, -0.2) is 0 Å². The van der Waals surface area contributed by atoms with Crippen molar-refractivity contribution < 1.29 is 9.21 Å². The standard InChI is InChI=1S/C8H10N2O2/c9-6-4-10(5-6)8(11)7-2-1-3-12-7/h1-3,6H,4-5,9H2. The monoisotopic (exact) mass is 166 g/mol. The van der Waals surface area contributed by atoms with Gasteiger partial charge >= 0.3 is 0 Å². The average molecular weight is 166 g/mol. The van der Waals surface area contributed by atoms with E-state index in [1.165, 1.54) is 6.26 Å². The van der Waals surface area contributed by atoms with Gasteiger partial charge in [-0.05, 0) is 12.1 Å². The molecule has 4 heteroatoms. The van der Waals surface area contributed by atoms with E-state index in [0.717, 1.165) is 0 Å². The molecule has 12 heavy (non-hydrogen) atoms. The number of rotatable bonds is 1. The molecule has 2 heterocycles. The Morgan fingerprint density at radius 1 is 1.67 bits per heavy atom. The summed E-state index contributed by atoms with van der Waals surface area (Å²) in [6, 6.07) is 3.50. The van der Waals surface area contributed by atoms with Crippen LogP contribution in [0.15, 0.2) is 22.8 Å². The number of nitrogens with zero attached hydrogens (tertiary/aromatic N) is 1. The minimum absolute atomic E-state index is 0.0679. The molecular formula is C8H10N2O2. The lowest BCUT2D eigenvalue weighted by molar-refractivity contribution is 0.0575. The number of nitrogens with two attached hydrogens (primary N) is 1. The van der Waals surface area contributed by atoms with Gasteiger partial charge in [-0.15, -0.1) is 0 Å². The topological polar surface area (TPSA) is 59.5 Å². The van der Waals surface area contributed by atoms with E-state index >= 15 is 0 Å². The lowest BCUT2D eigenvalue weighted by Crippen LogP contribution is -2.57. The Bertz CT molecular complexity index is 275. The smallest absolute Gasteiger partial charge is 0.289 e. The lowest BCUT2D eigenvalue weighted by Gasteiger charge is -2.36. The molecule has 0 radical (unpaired) electrons. The normalized spacial score (nSPS) is 17.6. The molecule has 1 aromatic heterocycles. The molecule has 0 bridgehead atoms. The Labute approximate surface area is 69.9 Å². The largest absolute Gasteiger partial charge is 0.459 e. The number of amides is 1. The summed E-state index contributed by atoms with van der Waals surface area (Å²) < 4.78 is 4.96. The molecule has 1 aliphatic heterocycles. The Hall–Kier alpha value is -1.29. The molecule has 1 amide bonds. The van der Waals surface area contributed by atoms with Gasteiger partial charge in [0.2, 0.25) is 0 Å². The zero-order valence-corrected chi connectivity index (χ0v) is 6.56. The minimum Gasteiger partial charge on any atom is -0.459 e. The second-order valence-electron chi connectivity index (χ2n) is 2.95. The van der Waals surface area contributed by atoms with E-state index < -0.39 is 0 Å². The van der Waals surface area contributed by atoms with Gasteiger partial charge in [0.05, 0.1) is 6.26 Å². The maximum atomic E-state index is 11.4. The summed E-state index contributed by atoms with van der Waals surface area (Å²) in [6.07, 6.45) is 1.49. The predicted octanol–water partition coefficient (Wildman–Crippen LogP) is 0.0627. The third kappa shape index (κ3) is 1.10. The second kappa shape index (κ2) is 2.64. The first kappa shape index (κ1) is 7.36. The molecule has 0 aliphatic carbocycles. The van der Waals surface area contributed by atoms with Crippen LogP contribution in [0, 0.1) is 0 Å². The van der Waals surface area contributed by atoms with Crippen molar-refractivity contribution in [2.24, 2.45) is 5.73 Å². The average Bonchev–Trinajstić information content (AvgIpc) is 2.49. The highest BCUT2D eigenvalue weighted by atomic mass is 16.3. The highest BCUT2D eigenvalue weighted by Crippen LogP contribution is 2.11. The summed E-state index contributed by atoms with van der Waals surface area (Å²) in [7, 11) is 0. The van der Waals surface area contributed by atoms with Crippen molar-refractivity contribution >= 4 is 5.91 Å². The minimum atomic E-state index is -0.0679. The summed E-state index contributed by atoms with van der Waals surface area (Å²) in [6.45, 7) is 1.28. The van der Waals surface area contributed by atoms with Crippen molar-refractivity contribution in [3.8, 4) is 0 Å². The van der Waals surface area contributed by atoms with Gasteiger partial charge in [0.1, 0.15) is 0 Å². The summed E-state index contributed by atoms with van der Waals surface area (Å²) in [5, 5.41) is 0. The number of hydrogen-bond acceptors (Lipinski definition) is 3. The molecule has 0 unspecified atom stereocenters. The van der Waals surface area contributed by atoms with Crippen LogP contribution in [0.25, 0.3) is 0 Å². The molecule has 0 spiro atoms. The van der Waals surface area contributed by atoms with Gasteiger partial charge in [-0.3, -0.25) is 4.79 Å². The molecular weight excluding hydrogens is 156 g/mol. The van der Waals surface area contributed by atoms with Gasteiger partial charge in [0.25, 0.3) is 5.91 Å². The Morgan fingerprint density at radius 2 is 2.42 bits per heavy atom. The van der Waals surface area contributed by atoms with Gasteiger partial charge in [-0.2, -0.15) is 0 Å². The van der Waals surface area contributed by atoms with E-state index in [1.807, 2.05) is 0 Å². The van der Waals surface area contributed by atoms with E-state index in [-0.39, 0.29) is 11.9 Å². The number of carbonyl (C=O) groups excluding carboxylic acids is 1. The molecule has 1 aromatic rings. The van der Waals surface area contributed by atoms with Crippen molar-refractivity contribution in [1.29, 1.82) is 0 Å². The number of likely N-dealkylation sites (tertiary alicyclic amines) is 1. The van der Waals surface area contributed by atoms with Crippen LogP contribution in [0.5, 0.6) is 0 Å². The molecule has 4 nitrogen and oxygen atoms in total. The van der Waals surface area contributed by atoms with Gasteiger partial charge in [0.15, 0.2) is 5.76 Å². The molecule has 0 aromatic carbocycles. The van der Waals surface area contributed by atoms with Crippen LogP contribution in [-0.4, -0.2) is 29.9 Å². The van der Waals surface area contributed by atoms with Gasteiger partial charge in [0, 0.05) is 19.1 Å². The first-order valence-electron chi connectivity index (χ1n) is 3.86. The lowest BCUT2D eigenvalue weighted by atomic mass is 10.1. The van der Waals surface area contributed by atoms with Crippen molar-refractivity contribution in [3.05, 3.63) is 24.2 Å². The molecule has 0 saturated carbocycles. The third-order valence-corrected chi connectivity index (χ3v) is 1.93. The summed E-state index contributed by atoms with van der Waals surface area (Å²) >= 11 is 0. The molecule has 1 aliphatic rings. The quantitative estimate of drug-likeness (QED) is 0.641. The van der Waals surface area contributed by atoms with Crippen LogP contribution >= 0.6 is 0 Å². The van der Waals surface area contributed by atoms with E-state index in [4.69, 9.17) is 10.2 Å². The molecule has 64 valence electrons. The predicted molar refractivity (Wildman–Crippen MR) is 42.6 cm³/mol. The molecule has 1 saturated heterocycles. The summed E-state index contributed by atoms with van der Waals surface area (Å²) in [4.78, 5) is 13.1. The highest BCUT2D eigenvalue weighted by molar-refractivity contribution is 5.92. The van der Waals surface area contributed by atoms with Crippen molar-refractivity contribution in [2.45, 2.75) is 6.04 Å². The van der Waals surface area contributed by atoms with E-state index in [9.17, 15) is 4.79 Å². The Morgan fingerprint density at radius 3 is 2.92 bits per heavy atom. The van der Waals surface area contributed by atoms with Crippen molar-refractivity contribution in [1.82, 2.24) is 4.90 Å². The molecule has 2 rings (SSSR count). The maximum absolute atomic E-state index is 11.4. The Kier molecular flexibility index (Phi) is 1.62. The molecule has 0 atom stereocenters.